The molecule has 0 radical (unpaired) electrons. The van der Waals surface area contributed by atoms with Crippen molar-refractivity contribution in [3.8, 4) is 0 Å². The third-order valence-electron chi connectivity index (χ3n) is 5.47. The summed E-state index contributed by atoms with van der Waals surface area (Å²) in [4.78, 5) is 10.1. The Kier molecular flexibility index (Phi) is 28.0. The summed E-state index contributed by atoms with van der Waals surface area (Å²) in [5.41, 5.74) is 0. The zero-order valence-corrected chi connectivity index (χ0v) is 24.3. The first-order chi connectivity index (χ1) is 13.7. The van der Waals surface area contributed by atoms with Gasteiger partial charge in [0.05, 0.1) is 0 Å². The fraction of sp³-hybridized carbons (Fsp3) is 1.00. The summed E-state index contributed by atoms with van der Waals surface area (Å²) in [5, 5.41) is 0. The van der Waals surface area contributed by atoms with Crippen molar-refractivity contribution in [2.24, 2.45) is 0 Å². The third kappa shape index (κ3) is 17.7. The van der Waals surface area contributed by atoms with Crippen molar-refractivity contribution in [2.45, 2.75) is 25.7 Å². The van der Waals surface area contributed by atoms with Gasteiger partial charge in [0.25, 0.3) is 0 Å². The number of rotatable bonds is 8. The molecule has 0 aromatic heterocycles. The van der Waals surface area contributed by atoms with Crippen LogP contribution in [0.4, 0.5) is 0 Å². The predicted octanol–water partition coefficient (Wildman–Crippen LogP) is -0.120. The van der Waals surface area contributed by atoms with E-state index in [-0.39, 0.29) is 34.1 Å². The van der Waals surface area contributed by atoms with Gasteiger partial charge in [0, 0.05) is 13.1 Å². The molecule has 178 valence electrons. The van der Waals surface area contributed by atoms with E-state index in [1.54, 1.807) is 0 Å². The minimum absolute atomic E-state index is 0. The normalized spacial score (nSPS) is 20.4. The molecule has 2 saturated heterocycles. The Hall–Kier alpha value is 2.28. The molecule has 0 aromatic carbocycles. The van der Waals surface area contributed by atoms with Crippen molar-refractivity contribution in [1.29, 1.82) is 0 Å². The van der Waals surface area contributed by atoms with Crippen LogP contribution in [0.5, 0.6) is 0 Å². The van der Waals surface area contributed by atoms with E-state index >= 15 is 0 Å². The standard InChI is InChI=1S/2C10H22N2S2.2Fe/c2*13-9-7-11-3-1-4-12(8-10-14)6-2-5-11;;/h2*13-14H,1-10H2;;/q;;+2;+4. The largest absolute Gasteiger partial charge is 4.00 e. The Labute approximate surface area is 230 Å². The molecule has 2 aliphatic rings. The van der Waals surface area contributed by atoms with Crippen LogP contribution >= 0.6 is 0 Å². The second-order valence-corrected chi connectivity index (χ2v) is 9.51. The SMILES string of the molecule is [Fe+2].[Fe+4].[S-]CCN1CCCN(CC[SH2+])CCC1.[S-]CCN1CCCN(CC[SH2+])CCC1. The molecule has 0 aliphatic carbocycles. The van der Waals surface area contributed by atoms with Gasteiger partial charge in [-0.25, -0.2) is 0 Å². The van der Waals surface area contributed by atoms with Crippen LogP contribution in [0, 0.1) is 0 Å². The first kappa shape index (κ1) is 34.4. The van der Waals surface area contributed by atoms with Gasteiger partial charge in [-0.1, -0.05) is 0 Å². The molecule has 0 amide bonds. The molecule has 2 fully saturated rings. The molecule has 0 N–H and O–H groups in total. The van der Waals surface area contributed by atoms with Crippen LogP contribution in [0.25, 0.3) is 0 Å². The van der Waals surface area contributed by atoms with Crippen LogP contribution < -0.4 is 0 Å². The maximum atomic E-state index is 5.02. The van der Waals surface area contributed by atoms with Gasteiger partial charge in [-0.05, 0) is 116 Å². The molecule has 0 aromatic rings. The van der Waals surface area contributed by atoms with E-state index in [1.807, 2.05) is 0 Å². The molecule has 0 spiro atoms. The Morgan fingerprint density at radius 1 is 0.500 bits per heavy atom. The smallest absolute Gasteiger partial charge is 0.791 e. The minimum Gasteiger partial charge on any atom is -0.791 e. The van der Waals surface area contributed by atoms with E-state index in [1.165, 1.54) is 91.1 Å². The molecule has 0 bridgehead atoms. The molecule has 2 aliphatic heterocycles. The Bertz CT molecular complexity index is 283. The zero-order chi connectivity index (χ0) is 20.5. The molecular weight excluding hydrogens is 536 g/mol. The summed E-state index contributed by atoms with van der Waals surface area (Å²) >= 11 is 17.1. The summed E-state index contributed by atoms with van der Waals surface area (Å²) < 4.78 is 0. The Morgan fingerprint density at radius 2 is 0.733 bits per heavy atom. The van der Waals surface area contributed by atoms with E-state index < -0.39 is 0 Å². The first-order valence-electron chi connectivity index (χ1n) is 11.1. The van der Waals surface area contributed by atoms with Gasteiger partial charge in [0.2, 0.25) is 0 Å². The maximum Gasteiger partial charge on any atom is 4.00 e. The van der Waals surface area contributed by atoms with Gasteiger partial charge in [-0.3, -0.25) is 9.80 Å². The Morgan fingerprint density at radius 3 is 0.933 bits per heavy atom. The molecule has 2 rings (SSSR count). The van der Waals surface area contributed by atoms with Gasteiger partial charge >= 0.3 is 34.1 Å². The van der Waals surface area contributed by atoms with E-state index in [4.69, 9.17) is 25.3 Å². The third-order valence-corrected chi connectivity index (χ3v) is 6.28. The van der Waals surface area contributed by atoms with Crippen molar-refractivity contribution in [3.05, 3.63) is 0 Å². The summed E-state index contributed by atoms with van der Waals surface area (Å²) in [6.45, 7) is 14.5. The average molecular weight is 581 g/mol. The first-order valence-corrected chi connectivity index (χ1v) is 13.6. The van der Waals surface area contributed by atoms with Crippen molar-refractivity contribution in [2.75, 3.05) is 102 Å². The van der Waals surface area contributed by atoms with Gasteiger partial charge in [-0.15, -0.1) is 0 Å². The topological polar surface area (TPSA) is 13.0 Å². The molecule has 0 unspecified atom stereocenters. The molecule has 30 heavy (non-hydrogen) atoms. The van der Waals surface area contributed by atoms with E-state index in [9.17, 15) is 0 Å². The minimum atomic E-state index is 0. The quantitative estimate of drug-likeness (QED) is 0.224. The van der Waals surface area contributed by atoms with Gasteiger partial charge in [0.15, 0.2) is 0 Å². The second-order valence-electron chi connectivity index (χ2n) is 7.69. The summed E-state index contributed by atoms with van der Waals surface area (Å²) in [7, 11) is 0. The van der Waals surface area contributed by atoms with Crippen molar-refractivity contribution in [1.82, 2.24) is 19.6 Å². The fourth-order valence-corrected chi connectivity index (χ4v) is 5.14. The second kappa shape index (κ2) is 24.4. The van der Waals surface area contributed by atoms with Crippen molar-refractivity contribution < 1.29 is 34.1 Å². The summed E-state index contributed by atoms with van der Waals surface area (Å²) in [5.74, 6) is 3.95. The maximum absolute atomic E-state index is 5.02. The van der Waals surface area contributed by atoms with E-state index in [0.717, 1.165) is 36.1 Å². The molecule has 0 atom stereocenters. The Balaban J connectivity index is 0. The monoisotopic (exact) mass is 580 g/mol. The predicted molar refractivity (Wildman–Crippen MR) is 139 cm³/mol. The number of hydrogen-bond donors (Lipinski definition) is 0. The van der Waals surface area contributed by atoms with Crippen LogP contribution in [0.3, 0.4) is 0 Å². The van der Waals surface area contributed by atoms with Crippen LogP contribution in [0.2, 0.25) is 0 Å². The zero-order valence-electron chi connectivity index (χ0n) is 18.5. The van der Waals surface area contributed by atoms with Crippen molar-refractivity contribution >= 4 is 50.5 Å². The van der Waals surface area contributed by atoms with Gasteiger partial charge < -0.3 is 35.1 Å². The van der Waals surface area contributed by atoms with E-state index in [0.29, 0.717) is 0 Å². The van der Waals surface area contributed by atoms with Crippen LogP contribution in [0.1, 0.15) is 25.7 Å². The molecule has 10 heteroatoms. The van der Waals surface area contributed by atoms with Gasteiger partial charge in [-0.2, -0.15) is 11.5 Å². The fourth-order valence-electron chi connectivity index (χ4n) is 3.99. The van der Waals surface area contributed by atoms with Crippen LogP contribution in [-0.4, -0.2) is 121 Å². The average Bonchev–Trinajstić information content (AvgIpc) is 2.64. The van der Waals surface area contributed by atoms with Crippen LogP contribution in [-0.2, 0) is 84.7 Å². The molecular formula is C20H44Fe2N4S4+6. The molecule has 4 nitrogen and oxygen atoms in total. The molecule has 0 saturated carbocycles. The summed E-state index contributed by atoms with van der Waals surface area (Å²) in [6.07, 6.45) is 5.17. The summed E-state index contributed by atoms with van der Waals surface area (Å²) in [6, 6.07) is 0. The van der Waals surface area contributed by atoms with Crippen LogP contribution in [0.15, 0.2) is 0 Å². The van der Waals surface area contributed by atoms with E-state index in [2.05, 4.69) is 44.9 Å². The number of hydrogen-bond acceptors (Lipinski definition) is 6. The van der Waals surface area contributed by atoms with Crippen molar-refractivity contribution in [3.63, 3.8) is 0 Å². The molecule has 2 heterocycles. The van der Waals surface area contributed by atoms with Gasteiger partial charge in [0.1, 0.15) is 11.5 Å². The number of nitrogens with zero attached hydrogens (tertiary/aromatic N) is 4.